The first-order valence-electron chi connectivity index (χ1n) is 5.84. The lowest BCUT2D eigenvalue weighted by Crippen LogP contribution is -2.06. The van der Waals surface area contributed by atoms with Gasteiger partial charge in [-0.3, -0.25) is 0 Å². The summed E-state index contributed by atoms with van der Waals surface area (Å²) in [6.07, 6.45) is 0.833. The minimum Gasteiger partial charge on any atom is -0.478 e. The van der Waals surface area contributed by atoms with Crippen LogP contribution in [0.25, 0.3) is 0 Å². The van der Waals surface area contributed by atoms with Crippen LogP contribution in [0.5, 0.6) is 0 Å². The van der Waals surface area contributed by atoms with E-state index < -0.39 is 23.9 Å². The van der Waals surface area contributed by atoms with Crippen LogP contribution in [0.15, 0.2) is 49.1 Å². The molecule has 0 aliphatic carbocycles. The molecule has 0 spiro atoms. The summed E-state index contributed by atoms with van der Waals surface area (Å²) < 4.78 is 0. The van der Waals surface area contributed by atoms with Crippen LogP contribution in [0.3, 0.4) is 0 Å². The topological polar surface area (TPSA) is 149 Å². The van der Waals surface area contributed by atoms with Gasteiger partial charge in [-0.05, 0) is 19.1 Å². The van der Waals surface area contributed by atoms with Gasteiger partial charge in [-0.2, -0.15) is 0 Å². The minimum atomic E-state index is -1.23. The predicted octanol–water partition coefficient (Wildman–Crippen LogP) is 1.99. The number of carboxylic acids is 4. The zero-order valence-corrected chi connectivity index (χ0v) is 12.2. The van der Waals surface area contributed by atoms with Crippen molar-refractivity contribution in [3.63, 3.8) is 0 Å². The van der Waals surface area contributed by atoms with Gasteiger partial charge in [0.2, 0.25) is 0 Å². The first-order valence-corrected chi connectivity index (χ1v) is 5.84. The van der Waals surface area contributed by atoms with Gasteiger partial charge in [-0.15, -0.1) is 0 Å². The monoisotopic (exact) mass is 324 g/mol. The van der Waals surface area contributed by atoms with Crippen LogP contribution in [-0.4, -0.2) is 44.3 Å². The molecule has 8 nitrogen and oxygen atoms in total. The van der Waals surface area contributed by atoms with E-state index in [1.165, 1.54) is 31.2 Å². The second kappa shape index (κ2) is 11.3. The molecule has 1 rings (SSSR count). The van der Waals surface area contributed by atoms with E-state index in [9.17, 15) is 19.2 Å². The largest absolute Gasteiger partial charge is 0.478 e. The number of aromatic carboxylic acids is 2. The molecule has 0 aliphatic heterocycles. The molecule has 0 fully saturated rings. The molecule has 0 aliphatic rings. The van der Waals surface area contributed by atoms with Crippen LogP contribution in [0.2, 0.25) is 0 Å². The van der Waals surface area contributed by atoms with E-state index in [1.807, 2.05) is 0 Å². The number of rotatable bonds is 4. The Bertz CT molecular complexity index is 571. The van der Waals surface area contributed by atoms with Gasteiger partial charge < -0.3 is 20.4 Å². The molecule has 8 heteroatoms. The maximum Gasteiger partial charge on any atom is 0.336 e. The number of carbonyl (C=O) groups is 4. The van der Waals surface area contributed by atoms with Crippen molar-refractivity contribution in [3.05, 3.63) is 60.2 Å². The molecule has 0 saturated heterocycles. The molecule has 0 heterocycles. The van der Waals surface area contributed by atoms with Crippen LogP contribution in [0, 0.1) is 0 Å². The van der Waals surface area contributed by atoms with Crippen molar-refractivity contribution in [1.82, 2.24) is 0 Å². The maximum atomic E-state index is 10.5. The van der Waals surface area contributed by atoms with Crippen LogP contribution in [0.1, 0.15) is 27.6 Å². The lowest BCUT2D eigenvalue weighted by Gasteiger charge is -1.98. The molecule has 0 atom stereocenters. The molecule has 23 heavy (non-hydrogen) atoms. The maximum absolute atomic E-state index is 10.5. The molecule has 1 aromatic rings. The Balaban J connectivity index is 0. The average Bonchev–Trinajstić information content (AvgIpc) is 2.48. The summed E-state index contributed by atoms with van der Waals surface area (Å²) in [5.74, 6) is -4.37. The van der Waals surface area contributed by atoms with Gasteiger partial charge >= 0.3 is 23.9 Å². The van der Waals surface area contributed by atoms with Crippen molar-refractivity contribution in [2.75, 3.05) is 0 Å². The quantitative estimate of drug-likeness (QED) is 0.614. The fraction of sp³-hybridized carbons (Fsp3) is 0.0667. The molecule has 0 bridgehead atoms. The highest BCUT2D eigenvalue weighted by atomic mass is 16.4. The molecule has 0 aromatic heterocycles. The van der Waals surface area contributed by atoms with Gasteiger partial charge in [0.15, 0.2) is 0 Å². The van der Waals surface area contributed by atoms with E-state index in [0.717, 1.165) is 6.08 Å². The predicted molar refractivity (Wildman–Crippen MR) is 80.6 cm³/mol. The zero-order chi connectivity index (χ0) is 18.6. The second-order valence-electron chi connectivity index (χ2n) is 3.78. The van der Waals surface area contributed by atoms with Crippen molar-refractivity contribution < 1.29 is 39.6 Å². The van der Waals surface area contributed by atoms with Gasteiger partial charge in [-0.1, -0.05) is 25.3 Å². The second-order valence-corrected chi connectivity index (χ2v) is 3.78. The van der Waals surface area contributed by atoms with Gasteiger partial charge in [-0.25, -0.2) is 19.2 Å². The van der Waals surface area contributed by atoms with E-state index in [-0.39, 0.29) is 16.7 Å². The lowest BCUT2D eigenvalue weighted by atomic mass is 10.1. The Hall–Kier alpha value is -3.42. The van der Waals surface area contributed by atoms with E-state index in [0.29, 0.717) is 0 Å². The van der Waals surface area contributed by atoms with Crippen LogP contribution >= 0.6 is 0 Å². The highest BCUT2D eigenvalue weighted by Crippen LogP contribution is 2.07. The Labute approximate surface area is 131 Å². The van der Waals surface area contributed by atoms with Gasteiger partial charge in [0.05, 0.1) is 11.1 Å². The fourth-order valence-corrected chi connectivity index (χ4v) is 0.856. The average molecular weight is 324 g/mol. The Kier molecular flexibility index (Phi) is 10.7. The summed E-state index contributed by atoms with van der Waals surface area (Å²) in [7, 11) is 0. The molecule has 124 valence electrons. The zero-order valence-electron chi connectivity index (χ0n) is 12.2. The van der Waals surface area contributed by atoms with E-state index in [4.69, 9.17) is 20.4 Å². The third kappa shape index (κ3) is 11.0. The first-order chi connectivity index (χ1) is 10.5. The van der Waals surface area contributed by atoms with Crippen LogP contribution in [-0.2, 0) is 9.59 Å². The number of hydrogen-bond donors (Lipinski definition) is 4. The Morgan fingerprint density at radius 1 is 0.913 bits per heavy atom. The van der Waals surface area contributed by atoms with Crippen molar-refractivity contribution in [1.29, 1.82) is 0 Å². The van der Waals surface area contributed by atoms with Gasteiger partial charge in [0.25, 0.3) is 0 Å². The molecule has 0 amide bonds. The van der Waals surface area contributed by atoms with E-state index in [1.54, 1.807) is 0 Å². The molecule has 0 radical (unpaired) electrons. The molecule has 0 unspecified atom stereocenters. The molecule has 0 saturated carbocycles. The van der Waals surface area contributed by atoms with E-state index >= 15 is 0 Å². The third-order valence-electron chi connectivity index (χ3n) is 1.93. The first kappa shape index (κ1) is 21.9. The molecular weight excluding hydrogens is 308 g/mol. The summed E-state index contributed by atoms with van der Waals surface area (Å²) in [4.78, 5) is 39.8. The van der Waals surface area contributed by atoms with Gasteiger partial charge in [0.1, 0.15) is 0 Å². The Morgan fingerprint density at radius 3 is 1.30 bits per heavy atom. The summed E-state index contributed by atoms with van der Waals surface area (Å²) in [6, 6.07) is 5.48. The number of hydrogen-bond acceptors (Lipinski definition) is 4. The SMILES string of the molecule is C=C(C)C(=O)O.C=CC(=O)O.O=C(O)c1ccccc1C(=O)O. The molecule has 1 aromatic carbocycles. The summed E-state index contributed by atoms with van der Waals surface area (Å²) in [5.41, 5.74) is -0.204. The molecule has 4 N–H and O–H groups in total. The van der Waals surface area contributed by atoms with Crippen molar-refractivity contribution >= 4 is 23.9 Å². The summed E-state index contributed by atoms with van der Waals surface area (Å²) in [6.45, 7) is 7.56. The summed E-state index contributed by atoms with van der Waals surface area (Å²) in [5, 5.41) is 32.6. The minimum absolute atomic E-state index is 0.176. The molecular formula is C15H16O8. The highest BCUT2D eigenvalue weighted by Gasteiger charge is 2.13. The third-order valence-corrected chi connectivity index (χ3v) is 1.93. The van der Waals surface area contributed by atoms with Crippen molar-refractivity contribution in [3.8, 4) is 0 Å². The normalized spacial score (nSPS) is 8.22. The van der Waals surface area contributed by atoms with Crippen LogP contribution < -0.4 is 0 Å². The lowest BCUT2D eigenvalue weighted by molar-refractivity contribution is -0.133. The van der Waals surface area contributed by atoms with E-state index in [2.05, 4.69) is 13.2 Å². The highest BCUT2D eigenvalue weighted by molar-refractivity contribution is 6.01. The Morgan fingerprint density at radius 2 is 1.17 bits per heavy atom. The summed E-state index contributed by atoms with van der Waals surface area (Å²) >= 11 is 0. The number of aliphatic carboxylic acids is 2. The standard InChI is InChI=1S/C8H6O4.C4H6O2.C3H4O2/c9-7(10)5-3-1-2-4-6(5)8(11)12;1-3(2)4(5)6;1-2-3(4)5/h1-4H,(H,9,10)(H,11,12);1H2,2H3,(H,5,6);2H,1H2,(H,4,5). The van der Waals surface area contributed by atoms with Crippen molar-refractivity contribution in [2.24, 2.45) is 0 Å². The van der Waals surface area contributed by atoms with Crippen molar-refractivity contribution in [2.45, 2.75) is 6.92 Å². The van der Waals surface area contributed by atoms with Gasteiger partial charge in [0, 0.05) is 11.6 Å². The fourth-order valence-electron chi connectivity index (χ4n) is 0.856. The number of carboxylic acid groups (broad SMARTS) is 4. The smallest absolute Gasteiger partial charge is 0.336 e. The number of benzene rings is 1. The van der Waals surface area contributed by atoms with Crippen LogP contribution in [0.4, 0.5) is 0 Å².